The summed E-state index contributed by atoms with van der Waals surface area (Å²) in [7, 11) is -3.20. The molecule has 2 nitrogen and oxygen atoms in total. The molecule has 0 saturated carbocycles. The zero-order valence-electron chi connectivity index (χ0n) is 15.1. The molecule has 0 fully saturated rings. The van der Waals surface area contributed by atoms with E-state index in [1.54, 1.807) is 0 Å². The van der Waals surface area contributed by atoms with Gasteiger partial charge in [0.25, 0.3) is 0 Å². The SMILES string of the molecule is CCCCCCP(CCC)(=N[Si](C)(C)C)Oc1ccccc1. The lowest BCUT2D eigenvalue weighted by molar-refractivity contribution is 0.591. The van der Waals surface area contributed by atoms with Gasteiger partial charge in [0.2, 0.25) is 0 Å². The molecule has 4 heteroatoms. The Balaban J connectivity index is 3.01. The Morgan fingerprint density at radius 3 is 2.14 bits per heavy atom. The highest BCUT2D eigenvalue weighted by Gasteiger charge is 2.25. The number of hydrogen-bond donors (Lipinski definition) is 0. The van der Waals surface area contributed by atoms with Gasteiger partial charge in [-0.15, -0.1) is 0 Å². The summed E-state index contributed by atoms with van der Waals surface area (Å²) >= 11 is 0. The van der Waals surface area contributed by atoms with Crippen LogP contribution in [-0.2, 0) is 0 Å². The minimum absolute atomic E-state index is 1.00. The first-order valence-electron chi connectivity index (χ1n) is 8.77. The summed E-state index contributed by atoms with van der Waals surface area (Å²) < 4.78 is 11.9. The Hall–Kier alpha value is -0.533. The third-order valence-electron chi connectivity index (χ3n) is 3.43. The van der Waals surface area contributed by atoms with Gasteiger partial charge in [0.05, 0.1) is 0 Å². The predicted molar refractivity (Wildman–Crippen MR) is 104 cm³/mol. The molecule has 0 aliphatic rings. The van der Waals surface area contributed by atoms with Crippen LogP contribution >= 0.6 is 7.28 Å². The maximum absolute atomic E-state index is 6.58. The minimum Gasteiger partial charge on any atom is -0.461 e. The second-order valence-electron chi connectivity index (χ2n) is 7.03. The standard InChI is InChI=1S/C18H34NOPSi/c1-6-8-9-13-17-21(16-7-2,19-22(3,4)5)20-18-14-11-10-12-15-18/h10-12,14-15H,6-9,13,16-17H2,1-5H3. The van der Waals surface area contributed by atoms with Crippen molar-refractivity contribution in [3.05, 3.63) is 30.3 Å². The van der Waals surface area contributed by atoms with E-state index in [2.05, 4.69) is 57.8 Å². The Labute approximate surface area is 138 Å². The van der Waals surface area contributed by atoms with Gasteiger partial charge in [-0.05, 0) is 44.6 Å². The van der Waals surface area contributed by atoms with Crippen LogP contribution in [-0.4, -0.2) is 20.6 Å². The zero-order chi connectivity index (χ0) is 16.5. The van der Waals surface area contributed by atoms with E-state index in [0.29, 0.717) is 0 Å². The monoisotopic (exact) mass is 339 g/mol. The third-order valence-corrected chi connectivity index (χ3v) is 10.0. The van der Waals surface area contributed by atoms with Crippen molar-refractivity contribution in [2.45, 2.75) is 65.6 Å². The van der Waals surface area contributed by atoms with Crippen molar-refractivity contribution in [2.24, 2.45) is 4.41 Å². The molecule has 0 aromatic heterocycles. The van der Waals surface area contributed by atoms with E-state index in [4.69, 9.17) is 8.93 Å². The van der Waals surface area contributed by atoms with Crippen molar-refractivity contribution in [2.75, 3.05) is 12.3 Å². The fourth-order valence-corrected chi connectivity index (χ4v) is 10.4. The van der Waals surface area contributed by atoms with Crippen molar-refractivity contribution in [1.82, 2.24) is 0 Å². The third kappa shape index (κ3) is 7.65. The van der Waals surface area contributed by atoms with Gasteiger partial charge in [0.15, 0.2) is 8.24 Å². The lowest BCUT2D eigenvalue weighted by Gasteiger charge is -2.29. The lowest BCUT2D eigenvalue weighted by atomic mass is 10.2. The number of rotatable bonds is 10. The molecule has 0 bridgehead atoms. The van der Waals surface area contributed by atoms with Gasteiger partial charge in [-0.25, -0.2) is 0 Å². The first kappa shape index (κ1) is 19.5. The van der Waals surface area contributed by atoms with Gasteiger partial charge in [-0.2, -0.15) is 0 Å². The summed E-state index contributed by atoms with van der Waals surface area (Å²) in [5.74, 6) is 1.00. The number of unbranched alkanes of at least 4 members (excludes halogenated alkanes) is 3. The van der Waals surface area contributed by atoms with Crippen molar-refractivity contribution < 1.29 is 4.52 Å². The molecule has 126 valence electrons. The van der Waals surface area contributed by atoms with Crippen LogP contribution in [0.3, 0.4) is 0 Å². The van der Waals surface area contributed by atoms with Crippen LogP contribution < -0.4 is 4.52 Å². The molecule has 0 amide bonds. The minimum atomic E-state index is -1.69. The molecule has 0 N–H and O–H groups in total. The maximum atomic E-state index is 6.58. The number of hydrogen-bond acceptors (Lipinski definition) is 2. The molecule has 0 spiro atoms. The fraction of sp³-hybridized carbons (Fsp3) is 0.667. The average molecular weight is 340 g/mol. The van der Waals surface area contributed by atoms with Crippen LogP contribution in [0.2, 0.25) is 19.6 Å². The summed E-state index contributed by atoms with van der Waals surface area (Å²) in [5, 5.41) is 0. The first-order chi connectivity index (χ1) is 10.4. The maximum Gasteiger partial charge on any atom is 0.174 e. The highest BCUT2D eigenvalue weighted by molar-refractivity contribution is 7.63. The topological polar surface area (TPSA) is 21.6 Å². The van der Waals surface area contributed by atoms with Crippen LogP contribution in [0.5, 0.6) is 5.75 Å². The van der Waals surface area contributed by atoms with Crippen LogP contribution in [0.1, 0.15) is 46.0 Å². The van der Waals surface area contributed by atoms with Crippen molar-refractivity contribution in [1.29, 1.82) is 0 Å². The molecule has 0 radical (unpaired) electrons. The van der Waals surface area contributed by atoms with E-state index >= 15 is 0 Å². The van der Waals surface area contributed by atoms with Gasteiger partial charge in [0.1, 0.15) is 13.0 Å². The van der Waals surface area contributed by atoms with E-state index in [-0.39, 0.29) is 0 Å². The van der Waals surface area contributed by atoms with Gasteiger partial charge in [0, 0.05) is 12.3 Å². The summed E-state index contributed by atoms with van der Waals surface area (Å²) in [6, 6.07) is 10.3. The quantitative estimate of drug-likeness (QED) is 0.255. The van der Waals surface area contributed by atoms with Crippen LogP contribution in [0.15, 0.2) is 34.7 Å². The molecule has 1 aromatic rings. The van der Waals surface area contributed by atoms with E-state index < -0.39 is 15.5 Å². The largest absolute Gasteiger partial charge is 0.461 e. The molecule has 0 aliphatic carbocycles. The van der Waals surface area contributed by atoms with Gasteiger partial charge in [-0.3, -0.25) is 0 Å². The summed E-state index contributed by atoms with van der Waals surface area (Å²) in [6.07, 6.45) is 8.60. The van der Waals surface area contributed by atoms with Gasteiger partial charge < -0.3 is 8.93 Å². The summed E-state index contributed by atoms with van der Waals surface area (Å²) in [5.41, 5.74) is 0. The smallest absolute Gasteiger partial charge is 0.174 e. The Morgan fingerprint density at radius 1 is 0.909 bits per heavy atom. The zero-order valence-corrected chi connectivity index (χ0v) is 17.0. The van der Waals surface area contributed by atoms with Crippen LogP contribution in [0.25, 0.3) is 0 Å². The molecule has 1 aromatic carbocycles. The molecule has 1 atom stereocenters. The highest BCUT2D eigenvalue weighted by atomic mass is 31.2. The molecular formula is C18H34NOPSi. The van der Waals surface area contributed by atoms with Crippen molar-refractivity contribution >= 4 is 15.5 Å². The highest BCUT2D eigenvalue weighted by Crippen LogP contribution is 2.53. The number of nitrogens with zero attached hydrogens (tertiary/aromatic N) is 1. The Morgan fingerprint density at radius 2 is 1.59 bits per heavy atom. The second-order valence-corrected chi connectivity index (χ2v) is 14.9. The van der Waals surface area contributed by atoms with Crippen LogP contribution in [0.4, 0.5) is 0 Å². The fourth-order valence-electron chi connectivity index (χ4n) is 2.68. The first-order valence-corrected chi connectivity index (χ1v) is 14.2. The van der Waals surface area contributed by atoms with Crippen LogP contribution in [0, 0.1) is 0 Å². The normalized spacial score (nSPS) is 14.4. The van der Waals surface area contributed by atoms with E-state index in [1.165, 1.54) is 25.7 Å². The molecule has 0 saturated heterocycles. The second kappa shape index (κ2) is 9.57. The van der Waals surface area contributed by atoms with Gasteiger partial charge in [-0.1, -0.05) is 51.3 Å². The molecular weight excluding hydrogens is 305 g/mol. The molecule has 0 heterocycles. The van der Waals surface area contributed by atoms with Gasteiger partial charge >= 0.3 is 0 Å². The average Bonchev–Trinajstić information content (AvgIpc) is 2.43. The van der Waals surface area contributed by atoms with E-state index in [1.807, 2.05) is 6.07 Å². The molecule has 22 heavy (non-hydrogen) atoms. The number of para-hydroxylation sites is 1. The summed E-state index contributed by atoms with van der Waals surface area (Å²) in [6.45, 7) is 11.5. The lowest BCUT2D eigenvalue weighted by Crippen LogP contribution is -2.18. The molecule has 1 rings (SSSR count). The molecule has 0 aliphatic heterocycles. The summed E-state index contributed by atoms with van der Waals surface area (Å²) in [4.78, 5) is 0. The Kier molecular flexibility index (Phi) is 8.49. The van der Waals surface area contributed by atoms with E-state index in [9.17, 15) is 0 Å². The number of benzene rings is 1. The Bertz CT molecular complexity index is 468. The predicted octanol–water partition coefficient (Wildman–Crippen LogP) is 7.01. The van der Waals surface area contributed by atoms with Crippen molar-refractivity contribution in [3.63, 3.8) is 0 Å². The van der Waals surface area contributed by atoms with Crippen molar-refractivity contribution in [3.8, 4) is 5.75 Å². The molecule has 1 unspecified atom stereocenters. The van der Waals surface area contributed by atoms with E-state index in [0.717, 1.165) is 24.5 Å².